The lowest BCUT2D eigenvalue weighted by atomic mass is 9.96. The normalized spacial score (nSPS) is 22.5. The van der Waals surface area contributed by atoms with Gasteiger partial charge in [-0.2, -0.15) is 0 Å². The fourth-order valence-corrected chi connectivity index (χ4v) is 7.93. The van der Waals surface area contributed by atoms with Gasteiger partial charge >= 0.3 is 0 Å². The molecule has 15 N–H and O–H groups in total. The minimum atomic E-state index is -1.84. The van der Waals surface area contributed by atoms with Crippen LogP contribution in [0.3, 0.4) is 0 Å². The number of hydrogen-bond acceptors (Lipinski definition) is 13. The van der Waals surface area contributed by atoms with Gasteiger partial charge in [0, 0.05) is 45.2 Å². The highest BCUT2D eigenvalue weighted by atomic mass is 16.3. The highest BCUT2D eigenvalue weighted by molar-refractivity contribution is 6.00. The maximum absolute atomic E-state index is 14.5. The van der Waals surface area contributed by atoms with Gasteiger partial charge < -0.3 is 69.7 Å². The van der Waals surface area contributed by atoms with Crippen LogP contribution >= 0.6 is 0 Å². The van der Waals surface area contributed by atoms with Crippen molar-refractivity contribution in [2.75, 3.05) is 19.6 Å². The number of hydrogen-bond donors (Lipinski definition) is 12. The molecule has 0 saturated carbocycles. The minimum absolute atomic E-state index is 0.0225. The monoisotopic (exact) mass is 1000 g/mol. The zero-order valence-corrected chi connectivity index (χ0v) is 40.0. The van der Waals surface area contributed by atoms with Crippen molar-refractivity contribution >= 4 is 70.9 Å². The van der Waals surface area contributed by atoms with Crippen LogP contribution in [0.4, 0.5) is 0 Å². The molecule has 25 heteroatoms. The molecule has 4 rings (SSSR count). The zero-order chi connectivity index (χ0) is 53.1. The summed E-state index contributed by atoms with van der Waals surface area (Å²) < 4.78 is 0. The molecular weight excluding hydrogens is 941 g/mol. The van der Waals surface area contributed by atoms with E-state index in [0.29, 0.717) is 17.5 Å². The first-order chi connectivity index (χ1) is 34.1. The highest BCUT2D eigenvalue weighted by Gasteiger charge is 2.41. The quantitative estimate of drug-likeness (QED) is 0.0716. The van der Waals surface area contributed by atoms with Crippen LogP contribution < -0.4 is 59.7 Å². The molecule has 0 aliphatic carbocycles. The second-order valence-corrected chi connectivity index (χ2v) is 17.7. The van der Waals surface area contributed by atoms with Crippen molar-refractivity contribution in [1.29, 1.82) is 0 Å². The lowest BCUT2D eigenvalue weighted by molar-refractivity contribution is -0.142. The number of aromatic hydroxyl groups is 1. The van der Waals surface area contributed by atoms with E-state index in [1.54, 1.807) is 44.2 Å². The van der Waals surface area contributed by atoms with Gasteiger partial charge in [0.2, 0.25) is 70.9 Å². The van der Waals surface area contributed by atoms with Gasteiger partial charge in [-0.1, -0.05) is 62.7 Å². The molecule has 2 aromatic rings. The molecule has 2 saturated heterocycles. The van der Waals surface area contributed by atoms with Crippen molar-refractivity contribution in [3.63, 3.8) is 0 Å². The molecule has 0 aromatic heterocycles. The maximum atomic E-state index is 14.5. The predicted octanol–water partition coefficient (Wildman–Crippen LogP) is -4.22. The number of amides is 12. The fourth-order valence-electron chi connectivity index (χ4n) is 7.93. The third-order valence-corrected chi connectivity index (χ3v) is 12.1. The molecular formula is C47H64N12O13. The molecule has 2 aliphatic rings. The summed E-state index contributed by atoms with van der Waals surface area (Å²) in [6.07, 6.45) is -2.24. The van der Waals surface area contributed by atoms with Crippen LogP contribution in [0.2, 0.25) is 0 Å². The second-order valence-electron chi connectivity index (χ2n) is 17.7. The van der Waals surface area contributed by atoms with Crippen molar-refractivity contribution < 1.29 is 62.6 Å². The Kier molecular flexibility index (Phi) is 21.4. The highest BCUT2D eigenvalue weighted by Crippen LogP contribution is 2.20. The first kappa shape index (κ1) is 56.5. The second kappa shape index (κ2) is 27.3. The number of phenols is 1. The van der Waals surface area contributed by atoms with Crippen molar-refractivity contribution in [1.82, 2.24) is 47.4 Å². The van der Waals surface area contributed by atoms with Crippen LogP contribution in [0.5, 0.6) is 5.75 Å². The molecule has 72 heavy (non-hydrogen) atoms. The van der Waals surface area contributed by atoms with E-state index in [2.05, 4.69) is 42.5 Å². The van der Waals surface area contributed by atoms with Gasteiger partial charge in [0.15, 0.2) is 0 Å². The Morgan fingerprint density at radius 3 is 2.01 bits per heavy atom. The minimum Gasteiger partial charge on any atom is -0.508 e. The summed E-state index contributed by atoms with van der Waals surface area (Å²) in [5.41, 5.74) is 17.3. The Hall–Kier alpha value is -8.12. The molecule has 2 heterocycles. The van der Waals surface area contributed by atoms with Gasteiger partial charge in [-0.3, -0.25) is 57.5 Å². The summed E-state index contributed by atoms with van der Waals surface area (Å²) in [7, 11) is 0. The average molecular weight is 1010 g/mol. The number of nitrogens with one attached hydrogen (secondary N) is 8. The molecule has 12 amide bonds. The van der Waals surface area contributed by atoms with E-state index in [1.165, 1.54) is 24.3 Å². The van der Waals surface area contributed by atoms with Gasteiger partial charge in [-0.05, 0) is 48.4 Å². The third kappa shape index (κ3) is 17.7. The largest absolute Gasteiger partial charge is 0.508 e. The number of carbonyl (C=O) groups excluding carboxylic acids is 12. The molecule has 8 atom stereocenters. The summed E-state index contributed by atoms with van der Waals surface area (Å²) in [6.45, 7) is 2.12. The van der Waals surface area contributed by atoms with Crippen molar-refractivity contribution in [3.8, 4) is 5.75 Å². The molecule has 0 spiro atoms. The molecule has 0 unspecified atom stereocenters. The SMILES string of the molecule is CC[C@H](C)[C@@H]1NC(=O)[C@H](Cc2ccc(O)cc2)NC(=O)CCC(=O)NC[C@@H](C(=O)N2CCC[C@H]2C(=O)N[C@@H](Cc2ccccc2)C(=O)NCC(N)=O)NC(=O)[C@H](CC(N)=O)NC(=O)[C@H](CCC(N)=O)NC1=O. The van der Waals surface area contributed by atoms with E-state index in [4.69, 9.17) is 17.2 Å². The first-order valence-electron chi connectivity index (χ1n) is 23.5. The van der Waals surface area contributed by atoms with E-state index in [9.17, 15) is 62.6 Å². The van der Waals surface area contributed by atoms with E-state index in [1.807, 2.05) is 0 Å². The van der Waals surface area contributed by atoms with Gasteiger partial charge in [-0.15, -0.1) is 0 Å². The smallest absolute Gasteiger partial charge is 0.247 e. The number of benzene rings is 2. The Morgan fingerprint density at radius 2 is 1.38 bits per heavy atom. The van der Waals surface area contributed by atoms with Crippen LogP contribution in [0.25, 0.3) is 0 Å². The maximum Gasteiger partial charge on any atom is 0.247 e. The van der Waals surface area contributed by atoms with E-state index in [0.717, 1.165) is 4.90 Å². The van der Waals surface area contributed by atoms with E-state index < -0.39 is 164 Å². The summed E-state index contributed by atoms with van der Waals surface area (Å²) in [6, 6.07) is 3.97. The van der Waals surface area contributed by atoms with Gasteiger partial charge in [0.1, 0.15) is 48.0 Å². The van der Waals surface area contributed by atoms with Gasteiger partial charge in [-0.25, -0.2) is 0 Å². The summed E-state index contributed by atoms with van der Waals surface area (Å²) in [5, 5.41) is 29.8. The molecule has 25 nitrogen and oxygen atoms in total. The van der Waals surface area contributed by atoms with Crippen LogP contribution in [-0.2, 0) is 70.4 Å². The number of primary amides is 3. The molecule has 390 valence electrons. The van der Waals surface area contributed by atoms with Crippen LogP contribution in [0.15, 0.2) is 54.6 Å². The van der Waals surface area contributed by atoms with Crippen LogP contribution in [-0.4, -0.2) is 143 Å². The lowest BCUT2D eigenvalue weighted by Crippen LogP contribution is -2.62. The Balaban J connectivity index is 1.70. The predicted molar refractivity (Wildman–Crippen MR) is 254 cm³/mol. The molecule has 0 bridgehead atoms. The fraction of sp³-hybridized carbons (Fsp3) is 0.489. The van der Waals surface area contributed by atoms with E-state index in [-0.39, 0.29) is 38.0 Å². The van der Waals surface area contributed by atoms with Gasteiger partial charge in [0.25, 0.3) is 0 Å². The van der Waals surface area contributed by atoms with Crippen molar-refractivity contribution in [3.05, 3.63) is 65.7 Å². The van der Waals surface area contributed by atoms with Crippen molar-refractivity contribution in [2.24, 2.45) is 23.1 Å². The van der Waals surface area contributed by atoms with Gasteiger partial charge in [0.05, 0.1) is 13.0 Å². The zero-order valence-electron chi connectivity index (χ0n) is 40.0. The summed E-state index contributed by atoms with van der Waals surface area (Å²) in [4.78, 5) is 162. The number of carbonyl (C=O) groups is 12. The Morgan fingerprint density at radius 1 is 0.736 bits per heavy atom. The topological polar surface area (TPSA) is 403 Å². The van der Waals surface area contributed by atoms with Crippen molar-refractivity contribution in [2.45, 2.75) is 120 Å². The van der Waals surface area contributed by atoms with Crippen LogP contribution in [0, 0.1) is 5.92 Å². The summed E-state index contributed by atoms with van der Waals surface area (Å²) >= 11 is 0. The number of nitrogens with zero attached hydrogens (tertiary/aromatic N) is 1. The van der Waals surface area contributed by atoms with Crippen LogP contribution in [0.1, 0.15) is 76.3 Å². The lowest BCUT2D eigenvalue weighted by Gasteiger charge is -2.31. The average Bonchev–Trinajstić information content (AvgIpc) is 3.84. The molecule has 2 fully saturated rings. The molecule has 0 radical (unpaired) electrons. The number of nitrogens with two attached hydrogens (primary N) is 3. The Bertz CT molecular complexity index is 2330. The standard InChI is InChI=1S/C47H64N12O13/c1-3-25(2)40-46(71)54-29(15-16-35(48)61)42(67)55-32(22-36(49)62)43(68)57-33(23-51-38(64)17-18-39(65)53-31(44(69)58-40)21-27-11-13-28(60)14-12-27)47(72)59-19-7-10-34(59)45(70)56-30(41(66)52-24-37(50)63)20-26-8-5-4-6-9-26/h4-6,8-9,11-14,25,29-34,40,60H,3,7,10,15-24H2,1-2H3,(H2,48,61)(H2,49,62)(H2,50,63)(H,51,64)(H,52,66)(H,53,65)(H,54,71)(H,55,67)(H,56,70)(H,57,68)(H,58,69)/t25-,29-,30-,31-,32-,33-,34-,40-/m0/s1. The first-order valence-corrected chi connectivity index (χ1v) is 23.5. The number of likely N-dealkylation sites (tertiary alicyclic amines) is 1. The Labute approximate surface area is 414 Å². The number of phenolic OH excluding ortho intramolecular Hbond substituents is 1. The summed E-state index contributed by atoms with van der Waals surface area (Å²) in [5.74, 6) is -11.5. The van der Waals surface area contributed by atoms with E-state index >= 15 is 0 Å². The number of rotatable bonds is 17. The third-order valence-electron chi connectivity index (χ3n) is 12.1. The molecule has 2 aromatic carbocycles. The molecule has 2 aliphatic heterocycles.